The van der Waals surface area contributed by atoms with Crippen LogP contribution in [0.2, 0.25) is 0 Å². The van der Waals surface area contributed by atoms with Gasteiger partial charge in [0.15, 0.2) is 0 Å². The van der Waals surface area contributed by atoms with E-state index < -0.39 is 23.8 Å². The lowest BCUT2D eigenvalue weighted by atomic mass is 9.99. The molecule has 1 aromatic rings. The van der Waals surface area contributed by atoms with Gasteiger partial charge in [-0.25, -0.2) is 0 Å². The number of aryl methyl sites for hydroxylation is 1. The highest BCUT2D eigenvalue weighted by Crippen LogP contribution is 2.29. The zero-order chi connectivity index (χ0) is 23.2. The lowest BCUT2D eigenvalue weighted by Gasteiger charge is -2.24. The van der Waals surface area contributed by atoms with Crippen molar-refractivity contribution in [2.75, 3.05) is 33.9 Å². The van der Waals surface area contributed by atoms with Crippen LogP contribution in [0.5, 0.6) is 0 Å². The predicted molar refractivity (Wildman–Crippen MR) is 119 cm³/mol. The zero-order valence-electron chi connectivity index (χ0n) is 19.0. The maximum atomic E-state index is 13.1. The first-order valence-corrected chi connectivity index (χ1v) is 10.9. The van der Waals surface area contributed by atoms with Gasteiger partial charge < -0.3 is 20.2 Å². The lowest BCUT2D eigenvalue weighted by molar-refractivity contribution is -0.124. The number of rotatable bonds is 13. The van der Waals surface area contributed by atoms with Crippen molar-refractivity contribution in [2.45, 2.75) is 52.0 Å². The number of hydrogen-bond acceptors (Lipinski definition) is 6. The van der Waals surface area contributed by atoms with E-state index in [1.807, 2.05) is 27.0 Å². The number of aldehydes is 1. The average Bonchev–Trinajstić information content (AvgIpc) is 3.05. The van der Waals surface area contributed by atoms with Crippen LogP contribution in [0.1, 0.15) is 65.8 Å². The first kappa shape index (κ1) is 26.5. The van der Waals surface area contributed by atoms with Crippen LogP contribution < -0.4 is 10.6 Å². The molecule has 172 valence electrons. The molecule has 1 aliphatic rings. The summed E-state index contributed by atoms with van der Waals surface area (Å²) in [6.07, 6.45) is 3.12. The van der Waals surface area contributed by atoms with Gasteiger partial charge in [-0.3, -0.25) is 19.3 Å². The second-order valence-electron chi connectivity index (χ2n) is 6.87. The summed E-state index contributed by atoms with van der Waals surface area (Å²) in [6.45, 7) is 6.14. The first-order valence-electron chi connectivity index (χ1n) is 10.9. The van der Waals surface area contributed by atoms with Crippen molar-refractivity contribution >= 4 is 24.0 Å². The smallest absolute Gasteiger partial charge is 0.262 e. The first-order chi connectivity index (χ1) is 15.1. The third-order valence-electron chi connectivity index (χ3n) is 4.90. The van der Waals surface area contributed by atoms with Crippen LogP contribution in [0.3, 0.4) is 0 Å². The second kappa shape index (κ2) is 14.4. The molecule has 0 aromatic heterocycles. The molecule has 0 bridgehead atoms. The topological polar surface area (TPSA) is 105 Å². The van der Waals surface area contributed by atoms with Crippen molar-refractivity contribution in [3.8, 4) is 0 Å². The second-order valence-corrected chi connectivity index (χ2v) is 6.87. The SMILES string of the molecule is CC.CNCCCOCCCc1cccc2c1C(=O)N(C(CCC=O)C(=O)NC)C2=O. The normalized spacial score (nSPS) is 13.4. The summed E-state index contributed by atoms with van der Waals surface area (Å²) < 4.78 is 5.59. The minimum absolute atomic E-state index is 0.0865. The molecule has 0 saturated heterocycles. The quantitative estimate of drug-likeness (QED) is 0.280. The van der Waals surface area contributed by atoms with E-state index in [9.17, 15) is 19.2 Å². The average molecular weight is 434 g/mol. The van der Waals surface area contributed by atoms with Crippen LogP contribution in [-0.4, -0.2) is 68.8 Å². The maximum Gasteiger partial charge on any atom is 0.262 e. The Hall–Kier alpha value is -2.58. The molecule has 1 heterocycles. The fourth-order valence-electron chi connectivity index (χ4n) is 3.45. The van der Waals surface area contributed by atoms with E-state index in [2.05, 4.69) is 10.6 Å². The highest BCUT2D eigenvalue weighted by Gasteiger charge is 2.43. The number of benzene rings is 1. The monoisotopic (exact) mass is 433 g/mol. The molecule has 0 aliphatic carbocycles. The summed E-state index contributed by atoms with van der Waals surface area (Å²) in [5.41, 5.74) is 1.43. The molecule has 3 amide bonds. The maximum absolute atomic E-state index is 13.1. The van der Waals surface area contributed by atoms with Crippen LogP contribution in [0.15, 0.2) is 18.2 Å². The van der Waals surface area contributed by atoms with Gasteiger partial charge in [-0.05, 0) is 50.9 Å². The van der Waals surface area contributed by atoms with Gasteiger partial charge in [-0.15, -0.1) is 0 Å². The standard InChI is InChI=1S/C21H29N3O5.C2H6/c1-22-11-6-14-29-13-5-8-15-7-3-9-16-18(15)21(28)24(20(16)27)17(10-4-12-25)19(26)23-2;1-2/h3,7,9,12,17,22H,4-6,8,10-11,13-14H2,1-2H3,(H,23,26);1-2H3. The molecule has 1 unspecified atom stereocenters. The number of amides is 3. The number of nitrogens with one attached hydrogen (secondary N) is 2. The van der Waals surface area contributed by atoms with Crippen LogP contribution in [0.25, 0.3) is 0 Å². The fraction of sp³-hybridized carbons (Fsp3) is 0.565. The number of carbonyl (C=O) groups excluding carboxylic acids is 4. The summed E-state index contributed by atoms with van der Waals surface area (Å²) in [4.78, 5) is 49.9. The fourth-order valence-corrected chi connectivity index (χ4v) is 3.45. The summed E-state index contributed by atoms with van der Waals surface area (Å²) in [5, 5.41) is 5.53. The zero-order valence-corrected chi connectivity index (χ0v) is 19.0. The third kappa shape index (κ3) is 6.97. The minimum Gasteiger partial charge on any atom is -0.381 e. The number of ether oxygens (including phenoxy) is 1. The van der Waals surface area contributed by atoms with E-state index >= 15 is 0 Å². The Kier molecular flexibility index (Phi) is 12.3. The number of carbonyl (C=O) groups is 4. The highest BCUT2D eigenvalue weighted by atomic mass is 16.5. The number of hydrogen-bond donors (Lipinski definition) is 2. The number of fused-ring (bicyclic) bond motifs is 1. The molecule has 8 heteroatoms. The summed E-state index contributed by atoms with van der Waals surface area (Å²) in [5.74, 6) is -1.43. The van der Waals surface area contributed by atoms with Crippen molar-refractivity contribution in [1.29, 1.82) is 0 Å². The van der Waals surface area contributed by atoms with E-state index in [0.29, 0.717) is 37.0 Å². The van der Waals surface area contributed by atoms with Crippen LogP contribution in [0.4, 0.5) is 0 Å². The van der Waals surface area contributed by atoms with Crippen LogP contribution in [-0.2, 0) is 20.7 Å². The van der Waals surface area contributed by atoms with Gasteiger partial charge in [0.25, 0.3) is 11.8 Å². The van der Waals surface area contributed by atoms with Crippen molar-refractivity contribution < 1.29 is 23.9 Å². The van der Waals surface area contributed by atoms with Gasteiger partial charge in [0, 0.05) is 26.7 Å². The summed E-state index contributed by atoms with van der Waals surface area (Å²) >= 11 is 0. The third-order valence-corrected chi connectivity index (χ3v) is 4.90. The van der Waals surface area contributed by atoms with Gasteiger partial charge in [0.1, 0.15) is 12.3 Å². The largest absolute Gasteiger partial charge is 0.381 e. The predicted octanol–water partition coefficient (Wildman–Crippen LogP) is 1.96. The van der Waals surface area contributed by atoms with Crippen molar-refractivity contribution in [1.82, 2.24) is 15.5 Å². The Morgan fingerprint density at radius 3 is 2.48 bits per heavy atom. The van der Waals surface area contributed by atoms with Crippen LogP contribution >= 0.6 is 0 Å². The number of likely N-dealkylation sites (N-methyl/N-ethyl adjacent to an activating group) is 1. The molecule has 31 heavy (non-hydrogen) atoms. The van der Waals surface area contributed by atoms with E-state index in [1.165, 1.54) is 7.05 Å². The molecule has 0 spiro atoms. The Balaban J connectivity index is 0.00000233. The number of imide groups is 1. The Labute approximate surface area is 184 Å². The van der Waals surface area contributed by atoms with Crippen molar-refractivity contribution in [3.63, 3.8) is 0 Å². The van der Waals surface area contributed by atoms with E-state index in [1.54, 1.807) is 12.1 Å². The van der Waals surface area contributed by atoms with E-state index in [-0.39, 0.29) is 12.8 Å². The van der Waals surface area contributed by atoms with Gasteiger partial charge in [0.2, 0.25) is 5.91 Å². The molecular formula is C23H35N3O5. The van der Waals surface area contributed by atoms with E-state index in [4.69, 9.17) is 4.74 Å². The molecule has 1 atom stereocenters. The minimum atomic E-state index is -0.999. The summed E-state index contributed by atoms with van der Waals surface area (Å²) in [6, 6.07) is 4.18. The molecule has 0 fully saturated rings. The lowest BCUT2D eigenvalue weighted by Crippen LogP contribution is -2.48. The Morgan fingerprint density at radius 2 is 1.84 bits per heavy atom. The molecule has 1 aromatic carbocycles. The van der Waals surface area contributed by atoms with Gasteiger partial charge in [-0.2, -0.15) is 0 Å². The molecule has 0 radical (unpaired) electrons. The molecule has 2 rings (SSSR count). The van der Waals surface area contributed by atoms with Gasteiger partial charge >= 0.3 is 0 Å². The number of nitrogens with zero attached hydrogens (tertiary/aromatic N) is 1. The summed E-state index contributed by atoms with van der Waals surface area (Å²) in [7, 11) is 3.33. The van der Waals surface area contributed by atoms with Gasteiger partial charge in [-0.1, -0.05) is 26.0 Å². The molecule has 1 aliphatic heterocycles. The van der Waals surface area contributed by atoms with Gasteiger partial charge in [0.05, 0.1) is 11.1 Å². The molecule has 8 nitrogen and oxygen atoms in total. The Bertz CT molecular complexity index is 751. The molecule has 2 N–H and O–H groups in total. The van der Waals surface area contributed by atoms with Crippen LogP contribution in [0, 0.1) is 0 Å². The highest BCUT2D eigenvalue weighted by molar-refractivity contribution is 6.23. The Morgan fingerprint density at radius 1 is 1.13 bits per heavy atom. The van der Waals surface area contributed by atoms with E-state index in [0.717, 1.165) is 29.8 Å². The molecular weight excluding hydrogens is 398 g/mol. The van der Waals surface area contributed by atoms with Crippen molar-refractivity contribution in [3.05, 3.63) is 34.9 Å². The van der Waals surface area contributed by atoms with Crippen molar-refractivity contribution in [2.24, 2.45) is 0 Å². The molecule has 0 saturated carbocycles.